The van der Waals surface area contributed by atoms with E-state index in [9.17, 15) is 4.39 Å². The molecule has 4 rings (SSSR count). The highest BCUT2D eigenvalue weighted by atomic mass is 79.9. The smallest absolute Gasteiger partial charge is 0.237 e. The Labute approximate surface area is 199 Å². The number of hydrogen-bond donors (Lipinski definition) is 2. The molecule has 3 heterocycles. The van der Waals surface area contributed by atoms with Crippen molar-refractivity contribution in [2.75, 3.05) is 33.2 Å². The van der Waals surface area contributed by atoms with E-state index in [-0.39, 0.29) is 22.5 Å². The highest BCUT2D eigenvalue weighted by Gasteiger charge is 2.26. The zero-order valence-corrected chi connectivity index (χ0v) is 20.0. The highest BCUT2D eigenvalue weighted by molar-refractivity contribution is 9.10. The number of nitrogens with two attached hydrogens (primary N) is 1. The van der Waals surface area contributed by atoms with Crippen molar-refractivity contribution in [1.82, 2.24) is 24.8 Å². The summed E-state index contributed by atoms with van der Waals surface area (Å²) < 4.78 is 35.6. The number of H-pyrrole nitrogens is 1. The van der Waals surface area contributed by atoms with Crippen molar-refractivity contribution in [2.45, 2.75) is 13.0 Å². The van der Waals surface area contributed by atoms with Gasteiger partial charge in [0.15, 0.2) is 17.4 Å². The number of benzene rings is 1. The van der Waals surface area contributed by atoms with Crippen molar-refractivity contribution in [3.63, 3.8) is 0 Å². The normalized spacial score (nSPS) is 16.3. The van der Waals surface area contributed by atoms with Crippen molar-refractivity contribution in [3.05, 3.63) is 70.4 Å². The number of aryl methyl sites for hydroxylation is 1. The number of aromatic nitrogens is 3. The SMILES string of the molecule is C=C/C=C(\C(N)c1ncnc(Oc2cc(F)c3[nH]c(C)cc3c2F)c1Br)N1CCN(C)CC1. The van der Waals surface area contributed by atoms with Gasteiger partial charge in [0.2, 0.25) is 5.88 Å². The van der Waals surface area contributed by atoms with Gasteiger partial charge >= 0.3 is 0 Å². The van der Waals surface area contributed by atoms with Crippen molar-refractivity contribution < 1.29 is 13.5 Å². The predicted octanol–water partition coefficient (Wildman–Crippen LogP) is 4.42. The third kappa shape index (κ3) is 4.64. The molecule has 33 heavy (non-hydrogen) atoms. The number of rotatable bonds is 6. The van der Waals surface area contributed by atoms with E-state index in [4.69, 9.17) is 10.5 Å². The molecule has 0 radical (unpaired) electrons. The van der Waals surface area contributed by atoms with Crippen LogP contribution in [-0.4, -0.2) is 58.0 Å². The van der Waals surface area contributed by atoms with Crippen LogP contribution in [0.2, 0.25) is 0 Å². The van der Waals surface area contributed by atoms with Crippen LogP contribution >= 0.6 is 15.9 Å². The molecule has 7 nitrogen and oxygen atoms in total. The molecule has 1 aliphatic heterocycles. The van der Waals surface area contributed by atoms with Crippen molar-refractivity contribution in [2.24, 2.45) is 5.73 Å². The van der Waals surface area contributed by atoms with E-state index in [2.05, 4.69) is 54.3 Å². The summed E-state index contributed by atoms with van der Waals surface area (Å²) in [7, 11) is 2.08. The van der Waals surface area contributed by atoms with Crippen LogP contribution < -0.4 is 10.5 Å². The number of halogens is 3. The summed E-state index contributed by atoms with van der Waals surface area (Å²) in [4.78, 5) is 15.7. The van der Waals surface area contributed by atoms with E-state index in [0.29, 0.717) is 15.9 Å². The van der Waals surface area contributed by atoms with Crippen LogP contribution in [0.15, 0.2) is 47.4 Å². The molecule has 1 aromatic carbocycles. The van der Waals surface area contributed by atoms with E-state index in [0.717, 1.165) is 37.9 Å². The fourth-order valence-electron chi connectivity index (χ4n) is 3.90. The first-order valence-electron chi connectivity index (χ1n) is 10.5. The summed E-state index contributed by atoms with van der Waals surface area (Å²) in [5.41, 5.74) is 8.65. The third-order valence-electron chi connectivity index (χ3n) is 5.66. The molecule has 0 saturated carbocycles. The van der Waals surface area contributed by atoms with Crippen LogP contribution in [-0.2, 0) is 0 Å². The van der Waals surface area contributed by atoms with Gasteiger partial charge < -0.3 is 25.3 Å². The second kappa shape index (κ2) is 9.58. The van der Waals surface area contributed by atoms with Gasteiger partial charge in [-0.25, -0.2) is 18.7 Å². The lowest BCUT2D eigenvalue weighted by Crippen LogP contribution is -2.45. The maximum Gasteiger partial charge on any atom is 0.237 e. The van der Waals surface area contributed by atoms with Crippen molar-refractivity contribution in [1.29, 1.82) is 0 Å². The van der Waals surface area contributed by atoms with Crippen LogP contribution in [0, 0.1) is 18.6 Å². The molecule has 3 aromatic rings. The van der Waals surface area contributed by atoms with Crippen LogP contribution in [0.1, 0.15) is 17.4 Å². The predicted molar refractivity (Wildman–Crippen MR) is 127 cm³/mol. The number of allylic oxidation sites excluding steroid dienone is 2. The minimum absolute atomic E-state index is 0.0386. The zero-order valence-electron chi connectivity index (χ0n) is 18.4. The van der Waals surface area contributed by atoms with Gasteiger partial charge in [0.05, 0.1) is 17.3 Å². The molecule has 3 N–H and O–H groups in total. The van der Waals surface area contributed by atoms with Gasteiger partial charge in [0.1, 0.15) is 10.8 Å². The van der Waals surface area contributed by atoms with E-state index < -0.39 is 17.7 Å². The highest BCUT2D eigenvalue weighted by Crippen LogP contribution is 2.37. The van der Waals surface area contributed by atoms with Gasteiger partial charge in [0.25, 0.3) is 0 Å². The first kappa shape index (κ1) is 23.3. The van der Waals surface area contributed by atoms with Crippen molar-refractivity contribution in [3.8, 4) is 11.6 Å². The van der Waals surface area contributed by atoms with E-state index in [1.165, 1.54) is 12.4 Å². The van der Waals surface area contributed by atoms with Crippen LogP contribution in [0.25, 0.3) is 10.9 Å². The maximum absolute atomic E-state index is 15.0. The lowest BCUT2D eigenvalue weighted by molar-refractivity contribution is 0.179. The quantitative estimate of drug-likeness (QED) is 0.470. The molecule has 1 aliphatic rings. The van der Waals surface area contributed by atoms with E-state index in [1.54, 1.807) is 13.0 Å². The molecule has 0 amide bonds. The Bertz CT molecular complexity index is 1220. The molecular weight excluding hydrogens is 494 g/mol. The van der Waals surface area contributed by atoms with Crippen LogP contribution in [0.3, 0.4) is 0 Å². The van der Waals surface area contributed by atoms with E-state index >= 15 is 4.39 Å². The number of ether oxygens (including phenoxy) is 1. The molecule has 1 fully saturated rings. The average molecular weight is 519 g/mol. The number of nitrogens with zero attached hydrogens (tertiary/aromatic N) is 4. The molecule has 10 heteroatoms. The second-order valence-electron chi connectivity index (χ2n) is 7.99. The molecule has 0 bridgehead atoms. The molecule has 174 valence electrons. The maximum atomic E-state index is 15.0. The van der Waals surface area contributed by atoms with Crippen LogP contribution in [0.5, 0.6) is 11.6 Å². The van der Waals surface area contributed by atoms with Gasteiger partial charge in [0, 0.05) is 49.0 Å². The minimum Gasteiger partial charge on any atom is -0.435 e. The minimum atomic E-state index is -0.684. The summed E-state index contributed by atoms with van der Waals surface area (Å²) in [6.07, 6.45) is 4.84. The molecular formula is C23H25BrF2N6O. The summed E-state index contributed by atoms with van der Waals surface area (Å²) >= 11 is 3.46. The number of fused-ring (bicyclic) bond motifs is 1. The fraction of sp³-hybridized carbons (Fsp3) is 0.304. The van der Waals surface area contributed by atoms with Gasteiger partial charge in [-0.05, 0) is 42.0 Å². The summed E-state index contributed by atoms with van der Waals surface area (Å²) in [6, 6.07) is 1.91. The van der Waals surface area contributed by atoms with Gasteiger partial charge in [-0.2, -0.15) is 0 Å². The number of hydrogen-bond acceptors (Lipinski definition) is 6. The van der Waals surface area contributed by atoms with Gasteiger partial charge in [-0.1, -0.05) is 12.7 Å². The molecule has 0 spiro atoms. The first-order chi connectivity index (χ1) is 15.8. The number of aromatic amines is 1. The summed E-state index contributed by atoms with van der Waals surface area (Å²) in [6.45, 7) is 8.98. The Morgan fingerprint density at radius 3 is 2.70 bits per heavy atom. The topological polar surface area (TPSA) is 83.3 Å². The Balaban J connectivity index is 1.66. The Hall–Kier alpha value is -2.82. The van der Waals surface area contributed by atoms with Gasteiger partial charge in [-0.15, -0.1) is 0 Å². The van der Waals surface area contributed by atoms with Crippen LogP contribution in [0.4, 0.5) is 8.78 Å². The monoisotopic (exact) mass is 518 g/mol. The molecule has 2 aromatic heterocycles. The number of likely N-dealkylation sites (N-methyl/N-ethyl adjacent to an activating group) is 1. The molecule has 0 aliphatic carbocycles. The fourth-order valence-corrected chi connectivity index (χ4v) is 4.43. The zero-order chi connectivity index (χ0) is 23.7. The second-order valence-corrected chi connectivity index (χ2v) is 8.78. The largest absolute Gasteiger partial charge is 0.435 e. The standard InChI is InChI=1S/C23H25BrF2N6O/c1-4-5-16(32-8-6-31(3)7-9-32)20(27)22-18(24)23(29-12-28-22)33-17-11-15(25)21-14(19(17)26)10-13(2)30-21/h4-5,10-12,20,30H,1,6-9,27H2,2-3H3/b16-5+. The number of piperazine rings is 1. The Kier molecular flexibility index (Phi) is 6.78. The summed E-state index contributed by atoms with van der Waals surface area (Å²) in [5, 5.41) is 0.107. The summed E-state index contributed by atoms with van der Waals surface area (Å²) in [5.74, 6) is -1.55. The lowest BCUT2D eigenvalue weighted by Gasteiger charge is -2.37. The first-order valence-corrected chi connectivity index (χ1v) is 11.3. The number of nitrogens with one attached hydrogen (secondary N) is 1. The Morgan fingerprint density at radius 1 is 1.27 bits per heavy atom. The molecule has 1 unspecified atom stereocenters. The van der Waals surface area contributed by atoms with Crippen molar-refractivity contribution >= 4 is 26.8 Å². The average Bonchev–Trinajstić information content (AvgIpc) is 3.20. The lowest BCUT2D eigenvalue weighted by atomic mass is 10.1. The van der Waals surface area contributed by atoms with Gasteiger partial charge in [-0.3, -0.25) is 0 Å². The molecule has 1 saturated heterocycles. The third-order valence-corrected chi connectivity index (χ3v) is 6.41. The Morgan fingerprint density at radius 2 is 2.00 bits per heavy atom. The molecule has 1 atom stereocenters. The van der Waals surface area contributed by atoms with E-state index in [1.807, 2.05) is 6.08 Å².